The highest BCUT2D eigenvalue weighted by atomic mass is 32.2. The van der Waals surface area contributed by atoms with E-state index >= 15 is 0 Å². The predicted octanol–water partition coefficient (Wildman–Crippen LogP) is 3.29. The lowest BCUT2D eigenvalue weighted by atomic mass is 10.2. The number of carbonyl (C=O) groups excluding carboxylic acids is 1. The van der Waals surface area contributed by atoms with Crippen molar-refractivity contribution in [2.24, 2.45) is 0 Å². The lowest BCUT2D eigenvalue weighted by Gasteiger charge is -2.34. The zero-order valence-corrected chi connectivity index (χ0v) is 19.5. The van der Waals surface area contributed by atoms with Crippen molar-refractivity contribution in [2.75, 3.05) is 26.2 Å². The maximum Gasteiger partial charge on any atom is 0.270 e. The summed E-state index contributed by atoms with van der Waals surface area (Å²) in [7, 11) is -3.93. The molecule has 1 fully saturated rings. The van der Waals surface area contributed by atoms with E-state index < -0.39 is 14.9 Å². The number of hydrogen-bond acceptors (Lipinski definition) is 5. The largest absolute Gasteiger partial charge is 0.336 e. The maximum absolute atomic E-state index is 13.3. The highest BCUT2D eigenvalue weighted by Gasteiger charge is 2.32. The van der Waals surface area contributed by atoms with Gasteiger partial charge in [0.2, 0.25) is 10.0 Å². The fourth-order valence-corrected chi connectivity index (χ4v) is 5.64. The number of benzene rings is 2. The molecule has 0 spiro atoms. The fourth-order valence-electron chi connectivity index (χ4n) is 4.18. The van der Waals surface area contributed by atoms with Crippen molar-refractivity contribution >= 4 is 21.6 Å². The Morgan fingerprint density at radius 1 is 1.00 bits per heavy atom. The predicted molar refractivity (Wildman–Crippen MR) is 123 cm³/mol. The van der Waals surface area contributed by atoms with E-state index in [-0.39, 0.29) is 48.5 Å². The van der Waals surface area contributed by atoms with Crippen LogP contribution in [0.25, 0.3) is 5.69 Å². The molecular weight excluding hydrogens is 463 g/mol. The third kappa shape index (κ3) is 4.31. The summed E-state index contributed by atoms with van der Waals surface area (Å²) < 4.78 is 42.3. The number of piperazine rings is 1. The van der Waals surface area contributed by atoms with E-state index in [1.807, 2.05) is 18.4 Å². The van der Waals surface area contributed by atoms with Crippen molar-refractivity contribution in [3.63, 3.8) is 0 Å². The SMILES string of the molecule is Cc1cc(C(=O)N2CCN(S(=O)(=O)c3cccc([N+](=O)[O-])c3)CC2)c(C)n1-c1ccc(F)cc1. The number of rotatable bonds is 5. The quantitative estimate of drug-likeness (QED) is 0.406. The summed E-state index contributed by atoms with van der Waals surface area (Å²) in [6.45, 7) is 4.20. The third-order valence-corrected chi connectivity index (χ3v) is 7.83. The van der Waals surface area contributed by atoms with Gasteiger partial charge in [-0.25, -0.2) is 12.8 Å². The zero-order valence-electron chi connectivity index (χ0n) is 18.6. The minimum atomic E-state index is -3.93. The molecule has 2 aromatic carbocycles. The number of carbonyl (C=O) groups is 1. The van der Waals surface area contributed by atoms with Crippen LogP contribution in [-0.4, -0.2) is 59.2 Å². The molecule has 11 heteroatoms. The summed E-state index contributed by atoms with van der Waals surface area (Å²) in [5.41, 5.74) is 2.46. The third-order valence-electron chi connectivity index (χ3n) is 5.94. The normalized spacial score (nSPS) is 14.9. The standard InChI is InChI=1S/C23H23FN4O5S/c1-16-14-22(17(2)27(16)19-8-6-18(24)7-9-19)23(29)25-10-12-26(13-11-25)34(32,33)21-5-3-4-20(15-21)28(30)31/h3-9,14-15H,10-13H2,1-2H3. The summed E-state index contributed by atoms with van der Waals surface area (Å²) in [6, 6.07) is 12.7. The Kier molecular flexibility index (Phi) is 6.24. The zero-order chi connectivity index (χ0) is 24.6. The molecule has 34 heavy (non-hydrogen) atoms. The van der Waals surface area contributed by atoms with Gasteiger partial charge in [0.15, 0.2) is 0 Å². The van der Waals surface area contributed by atoms with Gasteiger partial charge >= 0.3 is 0 Å². The van der Waals surface area contributed by atoms with E-state index in [1.165, 1.54) is 34.6 Å². The van der Waals surface area contributed by atoms with Crippen LogP contribution in [0.2, 0.25) is 0 Å². The van der Waals surface area contributed by atoms with Crippen LogP contribution >= 0.6 is 0 Å². The Morgan fingerprint density at radius 3 is 2.26 bits per heavy atom. The Labute approximate surface area is 196 Å². The Hall–Kier alpha value is -3.57. The number of non-ortho nitro benzene ring substituents is 1. The molecule has 0 unspecified atom stereocenters. The van der Waals surface area contributed by atoms with Crippen molar-refractivity contribution in [3.05, 3.63) is 87.5 Å². The Morgan fingerprint density at radius 2 is 1.65 bits per heavy atom. The Bertz CT molecular complexity index is 1360. The molecule has 1 aliphatic rings. The minimum Gasteiger partial charge on any atom is -0.336 e. The molecule has 0 radical (unpaired) electrons. The number of amides is 1. The van der Waals surface area contributed by atoms with Crippen LogP contribution in [0.5, 0.6) is 0 Å². The summed E-state index contributed by atoms with van der Waals surface area (Å²) in [5.74, 6) is -0.561. The van der Waals surface area contributed by atoms with Gasteiger partial charge in [-0.15, -0.1) is 0 Å². The van der Waals surface area contributed by atoms with Crippen molar-refractivity contribution in [2.45, 2.75) is 18.7 Å². The van der Waals surface area contributed by atoms with Gasteiger partial charge in [0.1, 0.15) is 5.82 Å². The van der Waals surface area contributed by atoms with Crippen LogP contribution in [0.1, 0.15) is 21.7 Å². The fraction of sp³-hybridized carbons (Fsp3) is 0.261. The van der Waals surface area contributed by atoms with E-state index in [0.717, 1.165) is 17.4 Å². The molecule has 0 saturated carbocycles. The van der Waals surface area contributed by atoms with Gasteiger partial charge in [-0.05, 0) is 50.2 Å². The number of aromatic nitrogens is 1. The molecule has 0 atom stereocenters. The highest BCUT2D eigenvalue weighted by Crippen LogP contribution is 2.25. The van der Waals surface area contributed by atoms with Crippen LogP contribution in [0, 0.1) is 29.8 Å². The first kappa shape index (κ1) is 23.6. The van der Waals surface area contributed by atoms with Gasteiger partial charge in [-0.2, -0.15) is 4.31 Å². The number of sulfonamides is 1. The average Bonchev–Trinajstić information content (AvgIpc) is 3.13. The second-order valence-electron chi connectivity index (χ2n) is 8.05. The molecule has 1 aliphatic heterocycles. The number of aryl methyl sites for hydroxylation is 1. The van der Waals surface area contributed by atoms with E-state index in [4.69, 9.17) is 0 Å². The molecule has 178 valence electrons. The van der Waals surface area contributed by atoms with E-state index in [1.54, 1.807) is 23.1 Å². The van der Waals surface area contributed by atoms with Gasteiger partial charge in [0, 0.05) is 55.4 Å². The van der Waals surface area contributed by atoms with Crippen molar-refractivity contribution in [3.8, 4) is 5.69 Å². The van der Waals surface area contributed by atoms with Gasteiger partial charge in [-0.1, -0.05) is 6.07 Å². The molecule has 2 heterocycles. The summed E-state index contributed by atoms with van der Waals surface area (Å²) >= 11 is 0. The molecule has 4 rings (SSSR count). The summed E-state index contributed by atoms with van der Waals surface area (Å²) in [4.78, 5) is 25.0. The van der Waals surface area contributed by atoms with Crippen LogP contribution < -0.4 is 0 Å². The first-order chi connectivity index (χ1) is 16.1. The topological polar surface area (TPSA) is 106 Å². The monoisotopic (exact) mass is 486 g/mol. The second-order valence-corrected chi connectivity index (χ2v) is 9.99. The molecular formula is C23H23FN4O5S. The highest BCUT2D eigenvalue weighted by molar-refractivity contribution is 7.89. The molecule has 1 aromatic heterocycles. The lowest BCUT2D eigenvalue weighted by Crippen LogP contribution is -2.50. The van der Waals surface area contributed by atoms with Crippen molar-refractivity contribution in [1.29, 1.82) is 0 Å². The number of halogens is 1. The molecule has 3 aromatic rings. The van der Waals surface area contributed by atoms with E-state index in [2.05, 4.69) is 0 Å². The van der Waals surface area contributed by atoms with Crippen LogP contribution in [0.3, 0.4) is 0 Å². The smallest absolute Gasteiger partial charge is 0.270 e. The van der Waals surface area contributed by atoms with Gasteiger partial charge in [0.25, 0.3) is 11.6 Å². The lowest BCUT2D eigenvalue weighted by molar-refractivity contribution is -0.385. The van der Waals surface area contributed by atoms with Crippen LogP contribution in [-0.2, 0) is 10.0 Å². The van der Waals surface area contributed by atoms with Crippen LogP contribution in [0.15, 0.2) is 59.5 Å². The summed E-state index contributed by atoms with van der Waals surface area (Å²) in [6.07, 6.45) is 0. The molecule has 0 N–H and O–H groups in total. The first-order valence-electron chi connectivity index (χ1n) is 10.6. The van der Waals surface area contributed by atoms with E-state index in [0.29, 0.717) is 11.3 Å². The molecule has 1 saturated heterocycles. The van der Waals surface area contributed by atoms with Gasteiger partial charge in [0.05, 0.1) is 15.4 Å². The maximum atomic E-state index is 13.3. The van der Waals surface area contributed by atoms with Crippen molar-refractivity contribution in [1.82, 2.24) is 13.8 Å². The van der Waals surface area contributed by atoms with Gasteiger partial charge in [-0.3, -0.25) is 14.9 Å². The summed E-state index contributed by atoms with van der Waals surface area (Å²) in [5, 5.41) is 11.0. The molecule has 9 nitrogen and oxygen atoms in total. The molecule has 0 aliphatic carbocycles. The second kappa shape index (κ2) is 8.99. The average molecular weight is 487 g/mol. The molecule has 1 amide bonds. The van der Waals surface area contributed by atoms with Gasteiger partial charge < -0.3 is 9.47 Å². The van der Waals surface area contributed by atoms with Crippen molar-refractivity contribution < 1.29 is 22.5 Å². The number of nitrogens with zero attached hydrogens (tertiary/aromatic N) is 4. The first-order valence-corrected chi connectivity index (χ1v) is 12.0. The number of hydrogen-bond donors (Lipinski definition) is 0. The Balaban J connectivity index is 1.50. The van der Waals surface area contributed by atoms with Crippen LogP contribution in [0.4, 0.5) is 10.1 Å². The number of nitro benzene ring substituents is 1. The molecule has 0 bridgehead atoms. The van der Waals surface area contributed by atoms with E-state index in [9.17, 15) is 27.7 Å². The number of nitro groups is 1. The minimum absolute atomic E-state index is 0.0769.